The van der Waals surface area contributed by atoms with Crippen LogP contribution in [0.1, 0.15) is 16.7 Å². The first-order valence-corrected chi connectivity index (χ1v) is 9.47. The van der Waals surface area contributed by atoms with Crippen molar-refractivity contribution in [3.8, 4) is 17.2 Å². The van der Waals surface area contributed by atoms with E-state index in [0.717, 1.165) is 40.4 Å². The van der Waals surface area contributed by atoms with Gasteiger partial charge in [0.1, 0.15) is 6.54 Å². The quantitative estimate of drug-likeness (QED) is 0.616. The molecule has 7 nitrogen and oxygen atoms in total. The first-order chi connectivity index (χ1) is 13.4. The molecule has 0 fully saturated rings. The standard InChI is InChI=1S/C20H25N5O2S/c1-14-7-6-8-15(2)19(14)25-20(28)24(21-22-25)13-23(3)12-16-9-10-17(26-4)18(11-16)27-5/h6-11H,12-13H2,1-5H3/p+1. The number of para-hydroxylation sites is 1. The highest BCUT2D eigenvalue weighted by Crippen LogP contribution is 2.27. The van der Waals surface area contributed by atoms with E-state index in [1.165, 1.54) is 4.90 Å². The number of ether oxygens (including phenoxy) is 2. The monoisotopic (exact) mass is 400 g/mol. The Morgan fingerprint density at radius 2 is 1.68 bits per heavy atom. The molecule has 1 atom stereocenters. The molecule has 1 N–H and O–H groups in total. The van der Waals surface area contributed by atoms with Crippen molar-refractivity contribution >= 4 is 12.2 Å². The van der Waals surface area contributed by atoms with Gasteiger partial charge in [0.25, 0.3) is 0 Å². The maximum Gasteiger partial charge on any atom is 0.225 e. The summed E-state index contributed by atoms with van der Waals surface area (Å²) in [6.07, 6.45) is 0. The van der Waals surface area contributed by atoms with E-state index in [-0.39, 0.29) is 0 Å². The Balaban J connectivity index is 1.78. The van der Waals surface area contributed by atoms with E-state index < -0.39 is 0 Å². The molecular weight excluding hydrogens is 374 g/mol. The SMILES string of the molecule is COc1ccc(C[NH+](C)Cn2nnn(-c3c(C)cccc3C)c2=S)cc1OC. The molecule has 8 heteroatoms. The fourth-order valence-electron chi connectivity index (χ4n) is 3.30. The third kappa shape index (κ3) is 4.07. The normalized spacial score (nSPS) is 12.0. The van der Waals surface area contributed by atoms with Gasteiger partial charge in [0.05, 0.1) is 27.0 Å². The van der Waals surface area contributed by atoms with Crippen LogP contribution >= 0.6 is 12.2 Å². The summed E-state index contributed by atoms with van der Waals surface area (Å²) in [6, 6.07) is 12.1. The summed E-state index contributed by atoms with van der Waals surface area (Å²) in [5, 5.41) is 8.57. The lowest BCUT2D eigenvalue weighted by Crippen LogP contribution is -3.07. The number of tetrazole rings is 1. The van der Waals surface area contributed by atoms with Crippen LogP contribution in [0.25, 0.3) is 5.69 Å². The number of aromatic nitrogens is 4. The van der Waals surface area contributed by atoms with Gasteiger partial charge in [-0.05, 0) is 65.8 Å². The highest BCUT2D eigenvalue weighted by Gasteiger charge is 2.14. The lowest BCUT2D eigenvalue weighted by atomic mass is 10.1. The molecule has 3 rings (SSSR count). The van der Waals surface area contributed by atoms with E-state index in [4.69, 9.17) is 21.7 Å². The fraction of sp³-hybridized carbons (Fsp3) is 0.350. The third-order valence-electron chi connectivity index (χ3n) is 4.66. The van der Waals surface area contributed by atoms with Gasteiger partial charge in [0, 0.05) is 5.56 Å². The van der Waals surface area contributed by atoms with Gasteiger partial charge in [-0.3, -0.25) is 0 Å². The Kier molecular flexibility index (Phi) is 6.11. The number of methoxy groups -OCH3 is 2. The van der Waals surface area contributed by atoms with Crippen LogP contribution in [0.4, 0.5) is 0 Å². The Hall–Kier alpha value is -2.71. The topological polar surface area (TPSA) is 58.5 Å². The minimum Gasteiger partial charge on any atom is -0.493 e. The van der Waals surface area contributed by atoms with Crippen LogP contribution in [0.3, 0.4) is 0 Å². The van der Waals surface area contributed by atoms with Crippen LogP contribution in [0, 0.1) is 18.6 Å². The molecule has 0 amide bonds. The van der Waals surface area contributed by atoms with Crippen LogP contribution in [0.2, 0.25) is 0 Å². The average molecular weight is 401 g/mol. The molecule has 0 saturated carbocycles. The van der Waals surface area contributed by atoms with Gasteiger partial charge in [0.15, 0.2) is 18.2 Å². The molecule has 1 unspecified atom stereocenters. The third-order valence-corrected chi connectivity index (χ3v) is 5.05. The van der Waals surface area contributed by atoms with Gasteiger partial charge in [-0.15, -0.1) is 0 Å². The Morgan fingerprint density at radius 3 is 2.32 bits per heavy atom. The van der Waals surface area contributed by atoms with E-state index in [1.807, 2.05) is 24.3 Å². The van der Waals surface area contributed by atoms with E-state index in [1.54, 1.807) is 23.6 Å². The maximum atomic E-state index is 5.63. The zero-order valence-corrected chi connectivity index (χ0v) is 17.7. The largest absolute Gasteiger partial charge is 0.493 e. The van der Waals surface area contributed by atoms with Gasteiger partial charge < -0.3 is 14.4 Å². The predicted octanol–water partition coefficient (Wildman–Crippen LogP) is 2.10. The lowest BCUT2D eigenvalue weighted by Gasteiger charge is -2.15. The number of nitrogens with zero attached hydrogens (tertiary/aromatic N) is 4. The Bertz CT molecular complexity index is 1010. The van der Waals surface area contributed by atoms with Crippen LogP contribution in [0.15, 0.2) is 36.4 Å². The predicted molar refractivity (Wildman–Crippen MR) is 110 cm³/mol. The van der Waals surface area contributed by atoms with E-state index in [2.05, 4.69) is 43.5 Å². The van der Waals surface area contributed by atoms with Crippen molar-refractivity contribution < 1.29 is 14.4 Å². The second-order valence-corrected chi connectivity index (χ2v) is 7.26. The molecule has 28 heavy (non-hydrogen) atoms. The highest BCUT2D eigenvalue weighted by atomic mass is 32.1. The minimum absolute atomic E-state index is 0.587. The first kappa shape index (κ1) is 20.0. The molecule has 0 saturated heterocycles. The van der Waals surface area contributed by atoms with Crippen molar-refractivity contribution in [1.29, 1.82) is 0 Å². The fourth-order valence-corrected chi connectivity index (χ4v) is 3.53. The second-order valence-electron chi connectivity index (χ2n) is 6.89. The van der Waals surface area contributed by atoms with Crippen molar-refractivity contribution in [3.05, 3.63) is 57.9 Å². The Morgan fingerprint density at radius 1 is 1.00 bits per heavy atom. The molecule has 3 aromatic rings. The van der Waals surface area contributed by atoms with Crippen LogP contribution in [-0.2, 0) is 13.2 Å². The number of benzene rings is 2. The van der Waals surface area contributed by atoms with Gasteiger partial charge >= 0.3 is 0 Å². The van der Waals surface area contributed by atoms with E-state index in [9.17, 15) is 0 Å². The zero-order chi connectivity index (χ0) is 20.3. The van der Waals surface area contributed by atoms with Crippen molar-refractivity contribution in [1.82, 2.24) is 19.8 Å². The average Bonchev–Trinajstić information content (AvgIpc) is 3.02. The van der Waals surface area contributed by atoms with Crippen LogP contribution in [-0.4, -0.2) is 41.1 Å². The summed E-state index contributed by atoms with van der Waals surface area (Å²) in [7, 11) is 5.37. The smallest absolute Gasteiger partial charge is 0.225 e. The summed E-state index contributed by atoms with van der Waals surface area (Å²) >= 11 is 5.63. The summed E-state index contributed by atoms with van der Waals surface area (Å²) in [5.41, 5.74) is 4.38. The van der Waals surface area contributed by atoms with Crippen molar-refractivity contribution in [2.45, 2.75) is 27.1 Å². The summed E-state index contributed by atoms with van der Waals surface area (Å²) < 4.78 is 14.8. The minimum atomic E-state index is 0.587. The molecule has 1 heterocycles. The van der Waals surface area contributed by atoms with E-state index >= 15 is 0 Å². The molecular formula is C20H26N5O2S+. The van der Waals surface area contributed by atoms with Crippen molar-refractivity contribution in [2.75, 3.05) is 21.3 Å². The van der Waals surface area contributed by atoms with Gasteiger partial charge in [-0.2, -0.15) is 9.36 Å². The second kappa shape index (κ2) is 8.53. The number of nitrogens with one attached hydrogen (secondary N) is 1. The number of quaternary nitrogens is 1. The van der Waals surface area contributed by atoms with Crippen LogP contribution < -0.4 is 14.4 Å². The summed E-state index contributed by atoms with van der Waals surface area (Å²) in [4.78, 5) is 1.22. The van der Waals surface area contributed by atoms with Crippen molar-refractivity contribution in [3.63, 3.8) is 0 Å². The lowest BCUT2D eigenvalue weighted by molar-refractivity contribution is -0.917. The van der Waals surface area contributed by atoms with Gasteiger partial charge in [0.2, 0.25) is 4.77 Å². The zero-order valence-electron chi connectivity index (χ0n) is 16.9. The molecule has 148 valence electrons. The summed E-state index contributed by atoms with van der Waals surface area (Å²) in [6.45, 7) is 5.51. The van der Waals surface area contributed by atoms with Gasteiger partial charge in [-0.25, -0.2) is 0 Å². The summed E-state index contributed by atoms with van der Waals surface area (Å²) in [5.74, 6) is 1.45. The number of hydrogen-bond donors (Lipinski definition) is 1. The number of aryl methyl sites for hydroxylation is 2. The number of rotatable bonds is 7. The number of hydrogen-bond acceptors (Lipinski definition) is 5. The molecule has 0 aliphatic rings. The van der Waals surface area contributed by atoms with Crippen molar-refractivity contribution in [2.24, 2.45) is 0 Å². The Labute approximate surface area is 170 Å². The molecule has 2 aromatic carbocycles. The molecule has 0 aliphatic carbocycles. The van der Waals surface area contributed by atoms with E-state index in [0.29, 0.717) is 11.4 Å². The van der Waals surface area contributed by atoms with Crippen LogP contribution in [0.5, 0.6) is 11.5 Å². The molecule has 0 spiro atoms. The first-order valence-electron chi connectivity index (χ1n) is 9.06. The molecule has 0 aliphatic heterocycles. The molecule has 0 bridgehead atoms. The molecule has 0 radical (unpaired) electrons. The molecule has 1 aromatic heterocycles. The van der Waals surface area contributed by atoms with Gasteiger partial charge in [-0.1, -0.05) is 18.2 Å². The highest BCUT2D eigenvalue weighted by molar-refractivity contribution is 7.71. The maximum absolute atomic E-state index is 5.63.